The van der Waals surface area contributed by atoms with Crippen molar-refractivity contribution in [3.63, 3.8) is 0 Å². The van der Waals surface area contributed by atoms with E-state index in [0.717, 1.165) is 0 Å². The molecule has 8 heteroatoms. The molecular formula is C18H21F3O5. The Morgan fingerprint density at radius 3 is 1.92 bits per heavy atom. The lowest BCUT2D eigenvalue weighted by Gasteiger charge is -2.30. The number of hydrogen-bond acceptors (Lipinski definition) is 5. The Kier molecular flexibility index (Phi) is 8.28. The Hall–Kier alpha value is -2.38. The first-order valence-electron chi connectivity index (χ1n) is 8.15. The topological polar surface area (TPSA) is 69.7 Å². The average molecular weight is 374 g/mol. The third-order valence-electron chi connectivity index (χ3n) is 3.77. The van der Waals surface area contributed by atoms with E-state index in [4.69, 9.17) is 0 Å². The molecule has 0 N–H and O–H groups in total. The summed E-state index contributed by atoms with van der Waals surface area (Å²) in [5.41, 5.74) is 0.477. The highest BCUT2D eigenvalue weighted by atomic mass is 19.4. The minimum absolute atomic E-state index is 0.122. The van der Waals surface area contributed by atoms with Gasteiger partial charge in [-0.2, -0.15) is 13.2 Å². The van der Waals surface area contributed by atoms with Crippen LogP contribution in [0.3, 0.4) is 0 Å². The van der Waals surface area contributed by atoms with Crippen LogP contribution in [0.25, 0.3) is 0 Å². The Labute approximate surface area is 149 Å². The third-order valence-corrected chi connectivity index (χ3v) is 3.77. The molecule has 5 nitrogen and oxygen atoms in total. The minimum atomic E-state index is -4.98. The summed E-state index contributed by atoms with van der Waals surface area (Å²) in [6, 6.07) is 8.05. The number of halogens is 3. The number of rotatable bonds is 9. The van der Waals surface area contributed by atoms with Crippen LogP contribution < -0.4 is 0 Å². The van der Waals surface area contributed by atoms with Crippen molar-refractivity contribution in [2.75, 3.05) is 13.2 Å². The highest BCUT2D eigenvalue weighted by Crippen LogP contribution is 2.39. The molecule has 1 aromatic rings. The van der Waals surface area contributed by atoms with Gasteiger partial charge in [-0.05, 0) is 25.8 Å². The van der Waals surface area contributed by atoms with Gasteiger partial charge in [0.15, 0.2) is 5.92 Å². The summed E-state index contributed by atoms with van der Waals surface area (Å²) < 4.78 is 50.5. The molecule has 1 rings (SSSR count). The predicted octanol–water partition coefficient (Wildman–Crippen LogP) is 2.97. The van der Waals surface area contributed by atoms with Crippen molar-refractivity contribution in [1.29, 1.82) is 0 Å². The van der Waals surface area contributed by atoms with Gasteiger partial charge in [-0.1, -0.05) is 30.3 Å². The van der Waals surface area contributed by atoms with E-state index in [1.165, 1.54) is 13.8 Å². The van der Waals surface area contributed by atoms with Crippen LogP contribution in [0.4, 0.5) is 13.2 Å². The monoisotopic (exact) mass is 374 g/mol. The van der Waals surface area contributed by atoms with Crippen LogP contribution in [0.2, 0.25) is 0 Å². The molecule has 144 valence electrons. The molecule has 0 saturated heterocycles. The first-order chi connectivity index (χ1) is 12.3. The summed E-state index contributed by atoms with van der Waals surface area (Å²) in [6.07, 6.45) is -5.13. The van der Waals surface area contributed by atoms with E-state index in [-0.39, 0.29) is 25.9 Å². The van der Waals surface area contributed by atoms with E-state index in [9.17, 15) is 27.6 Å². The molecular weight excluding hydrogens is 353 g/mol. The van der Waals surface area contributed by atoms with Gasteiger partial charge in [0.05, 0.1) is 19.1 Å². The van der Waals surface area contributed by atoms with Gasteiger partial charge in [0, 0.05) is 5.92 Å². The van der Waals surface area contributed by atoms with E-state index in [2.05, 4.69) is 9.47 Å². The highest BCUT2D eigenvalue weighted by Gasteiger charge is 2.55. The van der Waals surface area contributed by atoms with E-state index < -0.39 is 35.9 Å². The van der Waals surface area contributed by atoms with Crippen LogP contribution in [0.5, 0.6) is 0 Å². The van der Waals surface area contributed by atoms with E-state index in [1.54, 1.807) is 30.3 Å². The molecule has 0 aliphatic heterocycles. The average Bonchev–Trinajstić information content (AvgIpc) is 2.58. The number of aldehydes is 1. The number of benzene rings is 1. The zero-order chi connectivity index (χ0) is 19.7. The normalized spacial score (nSPS) is 13.8. The van der Waals surface area contributed by atoms with Crippen LogP contribution in [-0.2, 0) is 30.3 Å². The van der Waals surface area contributed by atoms with Crippen molar-refractivity contribution in [1.82, 2.24) is 0 Å². The number of ether oxygens (including phenoxy) is 2. The van der Waals surface area contributed by atoms with Gasteiger partial charge in [0.25, 0.3) is 0 Å². The van der Waals surface area contributed by atoms with Crippen molar-refractivity contribution in [3.8, 4) is 0 Å². The molecule has 0 amide bonds. The number of esters is 2. The summed E-state index contributed by atoms with van der Waals surface area (Å²) in [4.78, 5) is 35.6. The van der Waals surface area contributed by atoms with E-state index in [1.807, 2.05) is 0 Å². The second kappa shape index (κ2) is 9.94. The molecule has 0 unspecified atom stereocenters. The van der Waals surface area contributed by atoms with Crippen LogP contribution >= 0.6 is 0 Å². The quantitative estimate of drug-likeness (QED) is 0.378. The van der Waals surface area contributed by atoms with Gasteiger partial charge in [-0.3, -0.25) is 9.59 Å². The fourth-order valence-electron chi connectivity index (χ4n) is 2.68. The number of carbonyl (C=O) groups is 3. The number of carbonyl (C=O) groups excluding carboxylic acids is 3. The van der Waals surface area contributed by atoms with Crippen molar-refractivity contribution < 1.29 is 37.0 Å². The molecule has 0 heterocycles. The third kappa shape index (κ3) is 5.86. The predicted molar refractivity (Wildman–Crippen MR) is 86.0 cm³/mol. The van der Waals surface area contributed by atoms with Gasteiger partial charge >= 0.3 is 18.1 Å². The summed E-state index contributed by atoms with van der Waals surface area (Å²) in [6.45, 7) is 2.40. The molecule has 0 saturated carbocycles. The second-order valence-electron chi connectivity index (χ2n) is 5.54. The lowest BCUT2D eigenvalue weighted by atomic mass is 9.78. The molecule has 2 atom stereocenters. The van der Waals surface area contributed by atoms with Gasteiger partial charge in [-0.25, -0.2) is 0 Å². The fourth-order valence-corrected chi connectivity index (χ4v) is 2.68. The van der Waals surface area contributed by atoms with Crippen LogP contribution in [0.15, 0.2) is 30.3 Å². The molecule has 26 heavy (non-hydrogen) atoms. The van der Waals surface area contributed by atoms with E-state index in [0.29, 0.717) is 5.56 Å². The maximum Gasteiger partial charge on any atom is 0.393 e. The highest BCUT2D eigenvalue weighted by molar-refractivity contribution is 5.95. The number of alkyl halides is 3. The molecule has 0 aromatic heterocycles. The molecule has 0 aliphatic rings. The molecule has 1 aromatic carbocycles. The van der Waals surface area contributed by atoms with Crippen LogP contribution in [0, 0.1) is 17.8 Å². The maximum atomic E-state index is 13.7. The zero-order valence-corrected chi connectivity index (χ0v) is 14.5. The molecule has 0 fully saturated rings. The molecule has 0 bridgehead atoms. The van der Waals surface area contributed by atoms with E-state index >= 15 is 0 Å². The van der Waals surface area contributed by atoms with Crippen LogP contribution in [-0.4, -0.2) is 37.6 Å². The first-order valence-corrected chi connectivity index (χ1v) is 8.15. The zero-order valence-electron chi connectivity index (χ0n) is 14.5. The SMILES string of the molecule is CCOC(=O)C(C(=O)OCC)[C@@H]([C@H](C=O)Cc1ccccc1)C(F)(F)F. The van der Waals surface area contributed by atoms with Crippen molar-refractivity contribution in [2.45, 2.75) is 26.4 Å². The van der Waals surface area contributed by atoms with Crippen molar-refractivity contribution in [3.05, 3.63) is 35.9 Å². The number of hydrogen-bond donors (Lipinski definition) is 0. The molecule has 0 aliphatic carbocycles. The van der Waals surface area contributed by atoms with Gasteiger partial charge in [-0.15, -0.1) is 0 Å². The van der Waals surface area contributed by atoms with Crippen LogP contribution in [0.1, 0.15) is 19.4 Å². The Morgan fingerprint density at radius 2 is 1.54 bits per heavy atom. The molecule has 0 radical (unpaired) electrons. The minimum Gasteiger partial charge on any atom is -0.465 e. The summed E-state index contributed by atoms with van der Waals surface area (Å²) >= 11 is 0. The lowest BCUT2D eigenvalue weighted by Crippen LogP contribution is -2.46. The largest absolute Gasteiger partial charge is 0.465 e. The molecule has 0 spiro atoms. The Bertz CT molecular complexity index is 583. The Balaban J connectivity index is 3.30. The fraction of sp³-hybridized carbons (Fsp3) is 0.500. The standard InChI is InChI=1S/C18H21F3O5/c1-3-25-16(23)14(17(24)26-4-2)15(18(19,20)21)13(11-22)10-12-8-6-5-7-9-12/h5-9,11,13-15H,3-4,10H2,1-2H3/t13-,15+/m0/s1. The van der Waals surface area contributed by atoms with Gasteiger partial charge < -0.3 is 14.3 Å². The summed E-state index contributed by atoms with van der Waals surface area (Å²) in [5, 5.41) is 0. The Morgan fingerprint density at radius 1 is 1.04 bits per heavy atom. The summed E-state index contributed by atoms with van der Waals surface area (Å²) in [7, 11) is 0. The van der Waals surface area contributed by atoms with Crippen molar-refractivity contribution in [2.24, 2.45) is 17.8 Å². The van der Waals surface area contributed by atoms with Gasteiger partial charge in [0.1, 0.15) is 6.29 Å². The lowest BCUT2D eigenvalue weighted by molar-refractivity contribution is -0.215. The van der Waals surface area contributed by atoms with Gasteiger partial charge in [0.2, 0.25) is 0 Å². The first kappa shape index (κ1) is 21.7. The maximum absolute atomic E-state index is 13.7. The smallest absolute Gasteiger partial charge is 0.393 e. The van der Waals surface area contributed by atoms with Crippen molar-refractivity contribution >= 4 is 18.2 Å². The summed E-state index contributed by atoms with van der Waals surface area (Å²) in [5.74, 6) is -9.15. The second-order valence-corrected chi connectivity index (χ2v) is 5.54.